The normalized spacial score (nSPS) is 19.8. The summed E-state index contributed by atoms with van der Waals surface area (Å²) in [4.78, 5) is 14.4. The van der Waals surface area contributed by atoms with Gasteiger partial charge in [-0.1, -0.05) is 42.5 Å². The molecule has 1 heterocycles. The minimum absolute atomic E-state index is 0.00769. The fourth-order valence-electron chi connectivity index (χ4n) is 3.97. The number of allylic oxidation sites excluding steroid dienone is 3. The molecule has 1 aliphatic carbocycles. The van der Waals surface area contributed by atoms with Crippen molar-refractivity contribution in [3.63, 3.8) is 0 Å². The third kappa shape index (κ3) is 2.70. The number of nitrogens with two attached hydrogens (primary N) is 1. The van der Waals surface area contributed by atoms with Crippen LogP contribution in [0.3, 0.4) is 0 Å². The average Bonchev–Trinajstić information content (AvgIpc) is 2.69. The molecule has 4 nitrogen and oxygen atoms in total. The predicted molar refractivity (Wildman–Crippen MR) is 101 cm³/mol. The summed E-state index contributed by atoms with van der Waals surface area (Å²) in [5, 5.41) is 9.86. The second kappa shape index (κ2) is 6.73. The Balaban J connectivity index is 2.00. The fourth-order valence-corrected chi connectivity index (χ4v) is 3.97. The first-order valence-corrected chi connectivity index (χ1v) is 8.89. The van der Waals surface area contributed by atoms with Gasteiger partial charge >= 0.3 is 0 Å². The van der Waals surface area contributed by atoms with Gasteiger partial charge in [-0.15, -0.1) is 0 Å². The second-order valence-corrected chi connectivity index (χ2v) is 6.68. The monoisotopic (exact) mass is 359 g/mol. The number of carbonyl (C=O) groups excluding carboxylic acids is 1. The molecule has 27 heavy (non-hydrogen) atoms. The van der Waals surface area contributed by atoms with E-state index in [0.29, 0.717) is 30.5 Å². The smallest absolute Gasteiger partial charge is 0.161 e. The molecular formula is C22H18FN3O. The molecule has 0 bridgehead atoms. The molecule has 0 fully saturated rings. The van der Waals surface area contributed by atoms with Crippen molar-refractivity contribution in [2.75, 3.05) is 4.90 Å². The third-order valence-electron chi connectivity index (χ3n) is 5.14. The van der Waals surface area contributed by atoms with E-state index in [1.807, 2.05) is 30.3 Å². The summed E-state index contributed by atoms with van der Waals surface area (Å²) in [5.41, 5.74) is 9.02. The van der Waals surface area contributed by atoms with Crippen LogP contribution >= 0.6 is 0 Å². The van der Waals surface area contributed by atoms with E-state index in [1.165, 1.54) is 6.07 Å². The lowest BCUT2D eigenvalue weighted by Gasteiger charge is -2.39. The topological polar surface area (TPSA) is 70.1 Å². The maximum atomic E-state index is 14.5. The molecular weight excluding hydrogens is 341 g/mol. The summed E-state index contributed by atoms with van der Waals surface area (Å²) >= 11 is 0. The minimum Gasteiger partial charge on any atom is -0.384 e. The lowest BCUT2D eigenvalue weighted by Crippen LogP contribution is -2.39. The lowest BCUT2D eigenvalue weighted by atomic mass is 9.75. The molecule has 0 aromatic heterocycles. The molecule has 4 rings (SSSR count). The van der Waals surface area contributed by atoms with Crippen molar-refractivity contribution in [2.24, 2.45) is 5.73 Å². The molecule has 2 aromatic rings. The van der Waals surface area contributed by atoms with E-state index in [0.717, 1.165) is 5.56 Å². The molecule has 2 N–H and O–H groups in total. The van der Waals surface area contributed by atoms with Crippen LogP contribution in [-0.2, 0) is 4.79 Å². The number of nitriles is 1. The number of anilines is 1. The summed E-state index contributed by atoms with van der Waals surface area (Å²) < 4.78 is 14.5. The highest BCUT2D eigenvalue weighted by Gasteiger charge is 2.40. The van der Waals surface area contributed by atoms with Gasteiger partial charge in [0.1, 0.15) is 11.6 Å². The molecule has 0 saturated heterocycles. The maximum absolute atomic E-state index is 14.5. The predicted octanol–water partition coefficient (Wildman–Crippen LogP) is 4.13. The first-order valence-electron chi connectivity index (χ1n) is 8.89. The van der Waals surface area contributed by atoms with E-state index >= 15 is 0 Å². The molecule has 5 heteroatoms. The van der Waals surface area contributed by atoms with E-state index < -0.39 is 11.7 Å². The summed E-state index contributed by atoms with van der Waals surface area (Å²) in [5.74, 6) is -0.778. The first kappa shape index (κ1) is 17.0. The molecule has 134 valence electrons. The quantitative estimate of drug-likeness (QED) is 0.875. The Morgan fingerprint density at radius 2 is 1.78 bits per heavy atom. The molecule has 1 aliphatic heterocycles. The molecule has 1 atom stereocenters. The average molecular weight is 359 g/mol. The van der Waals surface area contributed by atoms with Gasteiger partial charge in [0.25, 0.3) is 0 Å². The molecule has 0 radical (unpaired) electrons. The summed E-state index contributed by atoms with van der Waals surface area (Å²) in [7, 11) is 0. The fraction of sp³-hybridized carbons (Fsp3) is 0.182. The van der Waals surface area contributed by atoms with Crippen LogP contribution in [-0.4, -0.2) is 5.78 Å². The lowest BCUT2D eigenvalue weighted by molar-refractivity contribution is -0.116. The number of rotatable bonds is 2. The Kier molecular flexibility index (Phi) is 4.25. The number of carbonyl (C=O) groups is 1. The Labute approximate surface area is 157 Å². The van der Waals surface area contributed by atoms with Crippen LogP contribution in [0.15, 0.2) is 77.3 Å². The summed E-state index contributed by atoms with van der Waals surface area (Å²) in [6.45, 7) is 0. The van der Waals surface area contributed by atoms with Crippen LogP contribution < -0.4 is 10.6 Å². The van der Waals surface area contributed by atoms with Crippen LogP contribution in [0, 0.1) is 17.1 Å². The number of hydrogen-bond donors (Lipinski definition) is 1. The maximum Gasteiger partial charge on any atom is 0.161 e. The molecule has 2 aromatic carbocycles. The van der Waals surface area contributed by atoms with Crippen molar-refractivity contribution in [1.82, 2.24) is 0 Å². The Morgan fingerprint density at radius 3 is 2.48 bits per heavy atom. The number of nitrogens with zero attached hydrogens (tertiary/aromatic N) is 2. The van der Waals surface area contributed by atoms with Gasteiger partial charge in [-0.3, -0.25) is 9.69 Å². The van der Waals surface area contributed by atoms with Crippen molar-refractivity contribution in [3.05, 3.63) is 88.6 Å². The van der Waals surface area contributed by atoms with Gasteiger partial charge in [-0.2, -0.15) is 5.26 Å². The van der Waals surface area contributed by atoms with Gasteiger partial charge in [0.15, 0.2) is 5.78 Å². The van der Waals surface area contributed by atoms with Gasteiger partial charge in [-0.25, -0.2) is 4.39 Å². The van der Waals surface area contributed by atoms with Gasteiger partial charge in [-0.05, 0) is 30.5 Å². The van der Waals surface area contributed by atoms with Gasteiger partial charge < -0.3 is 5.73 Å². The number of benzene rings is 2. The molecule has 2 aliphatic rings. The largest absolute Gasteiger partial charge is 0.384 e. The molecule has 0 saturated carbocycles. The van der Waals surface area contributed by atoms with Crippen molar-refractivity contribution in [3.8, 4) is 6.07 Å². The third-order valence-corrected chi connectivity index (χ3v) is 5.14. The second-order valence-electron chi connectivity index (χ2n) is 6.68. The zero-order valence-corrected chi connectivity index (χ0v) is 14.7. The Morgan fingerprint density at radius 1 is 1.07 bits per heavy atom. The van der Waals surface area contributed by atoms with Gasteiger partial charge in [0.2, 0.25) is 0 Å². The van der Waals surface area contributed by atoms with Crippen molar-refractivity contribution < 1.29 is 9.18 Å². The highest BCUT2D eigenvalue weighted by molar-refractivity contribution is 6.01. The SMILES string of the molecule is N#CC1=C(N)N(c2ccccc2F)C2=C(C(=O)CCC2)C1c1ccccc1. The van der Waals surface area contributed by atoms with E-state index in [-0.39, 0.29) is 22.9 Å². The van der Waals surface area contributed by atoms with Crippen LogP contribution in [0.5, 0.6) is 0 Å². The van der Waals surface area contributed by atoms with Crippen LogP contribution in [0.25, 0.3) is 0 Å². The van der Waals surface area contributed by atoms with Crippen LogP contribution in [0.2, 0.25) is 0 Å². The zero-order chi connectivity index (χ0) is 19.0. The van der Waals surface area contributed by atoms with E-state index in [9.17, 15) is 14.4 Å². The number of hydrogen-bond acceptors (Lipinski definition) is 4. The first-order chi connectivity index (χ1) is 13.1. The number of Topliss-reactive ketones (excluding diaryl/α,β-unsaturated/α-hetero) is 1. The van der Waals surface area contributed by atoms with Crippen LogP contribution in [0.1, 0.15) is 30.7 Å². The van der Waals surface area contributed by atoms with Crippen molar-refractivity contribution >= 4 is 11.5 Å². The molecule has 0 amide bonds. The Bertz CT molecular complexity index is 1020. The summed E-state index contributed by atoms with van der Waals surface area (Å²) in [6, 6.07) is 17.9. The molecule has 1 unspecified atom stereocenters. The minimum atomic E-state index is -0.512. The highest BCUT2D eigenvalue weighted by atomic mass is 19.1. The number of ketones is 1. The Hall–Kier alpha value is -3.39. The highest BCUT2D eigenvalue weighted by Crippen LogP contribution is 2.46. The van der Waals surface area contributed by atoms with E-state index in [1.54, 1.807) is 23.1 Å². The van der Waals surface area contributed by atoms with E-state index in [2.05, 4.69) is 6.07 Å². The number of halogens is 1. The zero-order valence-electron chi connectivity index (χ0n) is 14.7. The number of para-hydroxylation sites is 1. The van der Waals surface area contributed by atoms with E-state index in [4.69, 9.17) is 5.73 Å². The standard InChI is InChI=1S/C22H18FN3O/c23-16-9-4-5-10-17(16)26-18-11-6-12-19(27)21(18)20(15(13-24)22(26)25)14-7-2-1-3-8-14/h1-5,7-10,20H,6,11-12,25H2. The van der Waals surface area contributed by atoms with Gasteiger partial charge in [0.05, 0.1) is 23.2 Å². The summed E-state index contributed by atoms with van der Waals surface area (Å²) in [6.07, 6.45) is 1.71. The molecule has 0 spiro atoms. The van der Waals surface area contributed by atoms with Gasteiger partial charge in [0, 0.05) is 17.7 Å². The van der Waals surface area contributed by atoms with Crippen molar-refractivity contribution in [2.45, 2.75) is 25.2 Å². The van der Waals surface area contributed by atoms with Crippen LogP contribution in [0.4, 0.5) is 10.1 Å². The van der Waals surface area contributed by atoms with Crippen molar-refractivity contribution in [1.29, 1.82) is 5.26 Å².